The standard InChI is InChI=1S/C21H13N3O6/c1-2-30-21(27)15-10-14-16(20(26)18-13(19(14)25)4-3-9-22-18)17(23-15)11-5-7-12(8-6-11)24(28)29/h3-10H,2H2,1H3. The molecule has 0 aliphatic heterocycles. The Morgan fingerprint density at radius 1 is 1.07 bits per heavy atom. The Balaban J connectivity index is 1.98. The van der Waals surface area contributed by atoms with Crippen LogP contribution in [0.2, 0.25) is 0 Å². The minimum atomic E-state index is -0.749. The molecule has 0 saturated heterocycles. The van der Waals surface area contributed by atoms with Crippen LogP contribution in [0.25, 0.3) is 11.3 Å². The number of aromatic nitrogens is 2. The second kappa shape index (κ2) is 7.28. The number of nitrogens with zero attached hydrogens (tertiary/aromatic N) is 3. The lowest BCUT2D eigenvalue weighted by molar-refractivity contribution is -0.384. The van der Waals surface area contributed by atoms with Gasteiger partial charge in [-0.05, 0) is 37.3 Å². The van der Waals surface area contributed by atoms with E-state index in [1.807, 2.05) is 0 Å². The predicted molar refractivity (Wildman–Crippen MR) is 103 cm³/mol. The van der Waals surface area contributed by atoms with Crippen LogP contribution in [0.15, 0.2) is 48.7 Å². The molecule has 3 aromatic rings. The molecule has 1 aliphatic rings. The van der Waals surface area contributed by atoms with Gasteiger partial charge in [0.1, 0.15) is 11.4 Å². The average molecular weight is 403 g/mol. The van der Waals surface area contributed by atoms with Gasteiger partial charge in [-0.15, -0.1) is 0 Å². The number of fused-ring (bicyclic) bond motifs is 2. The van der Waals surface area contributed by atoms with Crippen LogP contribution in [-0.4, -0.2) is 39.0 Å². The maximum Gasteiger partial charge on any atom is 0.356 e. The van der Waals surface area contributed by atoms with Crippen molar-refractivity contribution >= 4 is 23.2 Å². The summed E-state index contributed by atoms with van der Waals surface area (Å²) in [6.45, 7) is 1.73. The molecule has 0 spiro atoms. The summed E-state index contributed by atoms with van der Waals surface area (Å²) in [4.78, 5) is 57.2. The minimum Gasteiger partial charge on any atom is -0.461 e. The van der Waals surface area contributed by atoms with E-state index < -0.39 is 22.5 Å². The first-order chi connectivity index (χ1) is 14.4. The molecule has 0 bridgehead atoms. The fraction of sp³-hybridized carbons (Fsp3) is 0.0952. The van der Waals surface area contributed by atoms with Crippen molar-refractivity contribution in [3.63, 3.8) is 0 Å². The molecule has 148 valence electrons. The van der Waals surface area contributed by atoms with Gasteiger partial charge in [-0.2, -0.15) is 0 Å². The first kappa shape index (κ1) is 19.1. The molecule has 2 aromatic heterocycles. The van der Waals surface area contributed by atoms with Crippen LogP contribution in [-0.2, 0) is 4.74 Å². The third kappa shape index (κ3) is 3.02. The molecule has 0 amide bonds. The molecule has 0 atom stereocenters. The number of ketones is 2. The van der Waals surface area contributed by atoms with Crippen molar-refractivity contribution in [2.24, 2.45) is 0 Å². The maximum absolute atomic E-state index is 13.2. The van der Waals surface area contributed by atoms with Crippen molar-refractivity contribution in [1.82, 2.24) is 9.97 Å². The number of carbonyl (C=O) groups is 3. The first-order valence-electron chi connectivity index (χ1n) is 8.93. The SMILES string of the molecule is CCOC(=O)c1cc2c(c(-c3ccc([N+](=O)[O-])cc3)n1)C(=O)c1ncccc1C2=O. The van der Waals surface area contributed by atoms with Crippen LogP contribution in [0.4, 0.5) is 5.69 Å². The predicted octanol–water partition coefficient (Wildman–Crippen LogP) is 3.00. The Hall–Kier alpha value is -4.27. The van der Waals surface area contributed by atoms with Gasteiger partial charge in [0.15, 0.2) is 5.78 Å². The fourth-order valence-electron chi connectivity index (χ4n) is 3.25. The number of nitro groups is 1. The highest BCUT2D eigenvalue weighted by Crippen LogP contribution is 2.34. The number of non-ortho nitro benzene ring substituents is 1. The van der Waals surface area contributed by atoms with Gasteiger partial charge < -0.3 is 4.74 Å². The van der Waals surface area contributed by atoms with Crippen LogP contribution in [0.3, 0.4) is 0 Å². The summed E-state index contributed by atoms with van der Waals surface area (Å²) in [5.41, 5.74) is 0.221. The molecule has 30 heavy (non-hydrogen) atoms. The van der Waals surface area contributed by atoms with Crippen molar-refractivity contribution in [2.75, 3.05) is 6.61 Å². The molecule has 1 aliphatic carbocycles. The van der Waals surface area contributed by atoms with Gasteiger partial charge in [0.2, 0.25) is 5.78 Å². The fourth-order valence-corrected chi connectivity index (χ4v) is 3.25. The number of rotatable bonds is 4. The Morgan fingerprint density at radius 2 is 1.80 bits per heavy atom. The van der Waals surface area contributed by atoms with Crippen LogP contribution in [0, 0.1) is 10.1 Å². The largest absolute Gasteiger partial charge is 0.461 e. The van der Waals surface area contributed by atoms with Crippen LogP contribution < -0.4 is 0 Å². The molecule has 9 nitrogen and oxygen atoms in total. The number of benzene rings is 1. The normalized spacial score (nSPS) is 12.2. The lowest BCUT2D eigenvalue weighted by Crippen LogP contribution is -2.25. The molecule has 0 unspecified atom stereocenters. The molecule has 0 saturated carbocycles. The molecule has 0 N–H and O–H groups in total. The highest BCUT2D eigenvalue weighted by molar-refractivity contribution is 6.29. The highest BCUT2D eigenvalue weighted by atomic mass is 16.6. The quantitative estimate of drug-likeness (QED) is 0.289. The van der Waals surface area contributed by atoms with E-state index in [-0.39, 0.29) is 46.1 Å². The maximum atomic E-state index is 13.2. The van der Waals surface area contributed by atoms with Crippen molar-refractivity contribution in [3.05, 3.63) is 86.9 Å². The molecule has 0 radical (unpaired) electrons. The third-order valence-electron chi connectivity index (χ3n) is 4.59. The average Bonchev–Trinajstić information content (AvgIpc) is 2.77. The van der Waals surface area contributed by atoms with Crippen molar-refractivity contribution < 1.29 is 24.0 Å². The zero-order chi connectivity index (χ0) is 21.4. The van der Waals surface area contributed by atoms with E-state index in [0.29, 0.717) is 5.56 Å². The Morgan fingerprint density at radius 3 is 2.47 bits per heavy atom. The monoisotopic (exact) mass is 403 g/mol. The smallest absolute Gasteiger partial charge is 0.356 e. The van der Waals surface area contributed by atoms with Gasteiger partial charge in [-0.1, -0.05) is 0 Å². The van der Waals surface area contributed by atoms with Crippen LogP contribution >= 0.6 is 0 Å². The number of pyridine rings is 2. The second-order valence-corrected chi connectivity index (χ2v) is 6.36. The van der Waals surface area contributed by atoms with Crippen molar-refractivity contribution in [1.29, 1.82) is 0 Å². The van der Waals surface area contributed by atoms with Gasteiger partial charge in [0.25, 0.3) is 5.69 Å². The second-order valence-electron chi connectivity index (χ2n) is 6.36. The molecule has 1 aromatic carbocycles. The van der Waals surface area contributed by atoms with Gasteiger partial charge in [0.05, 0.1) is 28.4 Å². The summed E-state index contributed by atoms with van der Waals surface area (Å²) in [6.07, 6.45) is 1.40. The zero-order valence-electron chi connectivity index (χ0n) is 15.6. The summed E-state index contributed by atoms with van der Waals surface area (Å²) < 4.78 is 4.99. The molecule has 2 heterocycles. The van der Waals surface area contributed by atoms with Crippen LogP contribution in [0.5, 0.6) is 0 Å². The molecule has 9 heteroatoms. The Kier molecular flexibility index (Phi) is 4.63. The number of hydrogen-bond acceptors (Lipinski definition) is 8. The summed E-state index contributed by atoms with van der Waals surface area (Å²) in [7, 11) is 0. The summed E-state index contributed by atoms with van der Waals surface area (Å²) in [5, 5.41) is 11.0. The van der Waals surface area contributed by atoms with Gasteiger partial charge >= 0.3 is 5.97 Å². The summed E-state index contributed by atoms with van der Waals surface area (Å²) in [5.74, 6) is -1.74. The topological polar surface area (TPSA) is 129 Å². The van der Waals surface area contributed by atoms with Gasteiger partial charge in [-0.25, -0.2) is 9.78 Å². The van der Waals surface area contributed by atoms with E-state index in [1.165, 1.54) is 42.6 Å². The number of hydrogen-bond donors (Lipinski definition) is 0. The third-order valence-corrected chi connectivity index (χ3v) is 4.59. The summed E-state index contributed by atoms with van der Waals surface area (Å²) in [6, 6.07) is 9.58. The van der Waals surface area contributed by atoms with E-state index in [2.05, 4.69) is 9.97 Å². The van der Waals surface area contributed by atoms with Crippen LogP contribution in [0.1, 0.15) is 49.4 Å². The molecular weight excluding hydrogens is 390 g/mol. The number of esters is 1. The Labute approximate surface area is 169 Å². The lowest BCUT2D eigenvalue weighted by atomic mass is 9.84. The molecular formula is C21H13N3O6. The zero-order valence-corrected chi connectivity index (χ0v) is 15.6. The Bertz CT molecular complexity index is 1230. The van der Waals surface area contributed by atoms with E-state index >= 15 is 0 Å². The summed E-state index contributed by atoms with van der Waals surface area (Å²) >= 11 is 0. The van der Waals surface area contributed by atoms with Crippen molar-refractivity contribution in [2.45, 2.75) is 6.92 Å². The first-order valence-corrected chi connectivity index (χ1v) is 8.93. The van der Waals surface area contributed by atoms with E-state index in [0.717, 1.165) is 0 Å². The number of carbonyl (C=O) groups excluding carboxylic acids is 3. The van der Waals surface area contributed by atoms with Gasteiger partial charge in [-0.3, -0.25) is 24.7 Å². The molecule has 0 fully saturated rings. The number of ether oxygens (including phenoxy) is 1. The minimum absolute atomic E-state index is 0.00639. The number of nitro benzene ring substituents is 1. The highest BCUT2D eigenvalue weighted by Gasteiger charge is 2.35. The van der Waals surface area contributed by atoms with Gasteiger partial charge in [0, 0.05) is 29.5 Å². The van der Waals surface area contributed by atoms with E-state index in [9.17, 15) is 24.5 Å². The van der Waals surface area contributed by atoms with E-state index in [4.69, 9.17) is 4.74 Å². The van der Waals surface area contributed by atoms with Crippen molar-refractivity contribution in [3.8, 4) is 11.3 Å². The molecule has 4 rings (SSSR count). The lowest BCUT2D eigenvalue weighted by Gasteiger charge is -2.20. The van der Waals surface area contributed by atoms with E-state index in [1.54, 1.807) is 13.0 Å².